The zero-order valence-electron chi connectivity index (χ0n) is 15.3. The van der Waals surface area contributed by atoms with E-state index in [0.717, 1.165) is 12.0 Å². The average Bonchev–Trinajstić information content (AvgIpc) is 2.92. The van der Waals surface area contributed by atoms with Crippen molar-refractivity contribution in [2.75, 3.05) is 31.5 Å². The lowest BCUT2D eigenvalue weighted by atomic mass is 10.2. The maximum Gasteiger partial charge on any atom is 0.321 e. The minimum absolute atomic E-state index is 0.0722. The second-order valence-corrected chi connectivity index (χ2v) is 7.37. The second kappa shape index (κ2) is 9.62. The predicted octanol–water partition coefficient (Wildman–Crippen LogP) is 4.77. The smallest absolute Gasteiger partial charge is 0.321 e. The SMILES string of the molecule is O=C(/C=C/c1cccc(Cl)c1)N1CCCN(C(=O)Nc2cccc(Cl)c2)CC1. The molecule has 3 rings (SSSR count). The van der Waals surface area contributed by atoms with Gasteiger partial charge < -0.3 is 15.1 Å². The zero-order valence-corrected chi connectivity index (χ0v) is 16.8. The van der Waals surface area contributed by atoms with Gasteiger partial charge in [0.05, 0.1) is 0 Å². The molecule has 0 radical (unpaired) electrons. The van der Waals surface area contributed by atoms with Crippen LogP contribution in [0, 0.1) is 0 Å². The molecular weight excluding hydrogens is 397 g/mol. The molecule has 1 fully saturated rings. The van der Waals surface area contributed by atoms with Gasteiger partial charge in [-0.15, -0.1) is 0 Å². The van der Waals surface area contributed by atoms with Gasteiger partial charge in [0.25, 0.3) is 0 Å². The van der Waals surface area contributed by atoms with E-state index in [0.29, 0.717) is 41.9 Å². The Labute approximate surface area is 174 Å². The molecule has 0 aromatic heterocycles. The molecular formula is C21H21Cl2N3O2. The lowest BCUT2D eigenvalue weighted by Crippen LogP contribution is -2.39. The highest BCUT2D eigenvalue weighted by Gasteiger charge is 2.21. The van der Waals surface area contributed by atoms with Gasteiger partial charge in [0.1, 0.15) is 0 Å². The summed E-state index contributed by atoms with van der Waals surface area (Å²) in [7, 11) is 0. The van der Waals surface area contributed by atoms with Gasteiger partial charge in [-0.05, 0) is 48.4 Å². The molecule has 0 aliphatic carbocycles. The van der Waals surface area contributed by atoms with Crippen LogP contribution < -0.4 is 5.32 Å². The number of anilines is 1. The van der Waals surface area contributed by atoms with Crippen molar-refractivity contribution in [2.24, 2.45) is 0 Å². The van der Waals surface area contributed by atoms with E-state index in [9.17, 15) is 9.59 Å². The number of benzene rings is 2. The normalized spacial score (nSPS) is 14.8. The second-order valence-electron chi connectivity index (χ2n) is 6.49. The van der Waals surface area contributed by atoms with Gasteiger partial charge in [0, 0.05) is 48.0 Å². The van der Waals surface area contributed by atoms with Crippen molar-refractivity contribution in [3.8, 4) is 0 Å². The van der Waals surface area contributed by atoms with Crippen molar-refractivity contribution < 1.29 is 9.59 Å². The van der Waals surface area contributed by atoms with Crippen LogP contribution in [-0.2, 0) is 4.79 Å². The van der Waals surface area contributed by atoms with E-state index < -0.39 is 0 Å². The molecule has 2 aromatic rings. The number of carbonyl (C=O) groups is 2. The van der Waals surface area contributed by atoms with Gasteiger partial charge in [-0.25, -0.2) is 4.79 Å². The molecule has 7 heteroatoms. The number of amides is 3. The Kier molecular flexibility index (Phi) is 6.95. The van der Waals surface area contributed by atoms with E-state index in [4.69, 9.17) is 23.2 Å². The lowest BCUT2D eigenvalue weighted by Gasteiger charge is -2.22. The maximum absolute atomic E-state index is 12.5. The molecule has 0 bridgehead atoms. The monoisotopic (exact) mass is 417 g/mol. The largest absolute Gasteiger partial charge is 0.337 e. The topological polar surface area (TPSA) is 52.7 Å². The van der Waals surface area contributed by atoms with E-state index in [1.54, 1.807) is 58.4 Å². The van der Waals surface area contributed by atoms with Crippen LogP contribution in [0.1, 0.15) is 12.0 Å². The highest BCUT2D eigenvalue weighted by atomic mass is 35.5. The molecule has 1 heterocycles. The first kappa shape index (κ1) is 20.2. The lowest BCUT2D eigenvalue weighted by molar-refractivity contribution is -0.125. The Morgan fingerprint density at radius 3 is 2.32 bits per heavy atom. The van der Waals surface area contributed by atoms with Gasteiger partial charge in [-0.3, -0.25) is 4.79 Å². The molecule has 1 saturated heterocycles. The van der Waals surface area contributed by atoms with Gasteiger partial charge in [0.2, 0.25) is 5.91 Å². The zero-order chi connectivity index (χ0) is 19.9. The first-order chi connectivity index (χ1) is 13.5. The van der Waals surface area contributed by atoms with E-state index >= 15 is 0 Å². The molecule has 1 aliphatic rings. The molecule has 2 aromatic carbocycles. The number of rotatable bonds is 3. The van der Waals surface area contributed by atoms with E-state index in [2.05, 4.69) is 5.32 Å². The average molecular weight is 418 g/mol. The fourth-order valence-corrected chi connectivity index (χ4v) is 3.38. The molecule has 0 spiro atoms. The number of hydrogen-bond acceptors (Lipinski definition) is 2. The Morgan fingerprint density at radius 2 is 1.57 bits per heavy atom. The summed E-state index contributed by atoms with van der Waals surface area (Å²) in [6.45, 7) is 2.17. The van der Waals surface area contributed by atoms with Crippen molar-refractivity contribution in [3.05, 3.63) is 70.2 Å². The van der Waals surface area contributed by atoms with E-state index in [1.165, 1.54) is 0 Å². The van der Waals surface area contributed by atoms with Crippen LogP contribution in [0.15, 0.2) is 54.6 Å². The van der Waals surface area contributed by atoms with Crippen molar-refractivity contribution in [1.29, 1.82) is 0 Å². The highest BCUT2D eigenvalue weighted by molar-refractivity contribution is 6.31. The summed E-state index contributed by atoms with van der Waals surface area (Å²) in [5, 5.41) is 4.05. The summed E-state index contributed by atoms with van der Waals surface area (Å²) in [6.07, 6.45) is 4.02. The van der Waals surface area contributed by atoms with Crippen LogP contribution in [0.2, 0.25) is 10.0 Å². The number of nitrogens with zero attached hydrogens (tertiary/aromatic N) is 2. The molecule has 0 atom stereocenters. The van der Waals surface area contributed by atoms with Crippen molar-refractivity contribution in [2.45, 2.75) is 6.42 Å². The predicted molar refractivity (Wildman–Crippen MR) is 114 cm³/mol. The van der Waals surface area contributed by atoms with E-state index in [-0.39, 0.29) is 11.9 Å². The summed E-state index contributed by atoms with van der Waals surface area (Å²) >= 11 is 11.9. The highest BCUT2D eigenvalue weighted by Crippen LogP contribution is 2.16. The van der Waals surface area contributed by atoms with Crippen LogP contribution in [0.5, 0.6) is 0 Å². The summed E-state index contributed by atoms with van der Waals surface area (Å²) < 4.78 is 0. The fraction of sp³-hybridized carbons (Fsp3) is 0.238. The fourth-order valence-electron chi connectivity index (χ4n) is 2.99. The molecule has 28 heavy (non-hydrogen) atoms. The van der Waals surface area contributed by atoms with Gasteiger partial charge in [-0.2, -0.15) is 0 Å². The standard InChI is InChI=1S/C21H21Cl2N3O2/c22-17-5-1-4-16(14-17)8-9-20(27)25-10-3-11-26(13-12-25)21(28)24-19-7-2-6-18(23)15-19/h1-2,4-9,14-15H,3,10-13H2,(H,24,28)/b9-8+. The number of carbonyl (C=O) groups excluding carboxylic acids is 2. The summed E-state index contributed by atoms with van der Waals surface area (Å²) in [5.41, 5.74) is 1.53. The van der Waals surface area contributed by atoms with Crippen LogP contribution >= 0.6 is 23.2 Å². The first-order valence-electron chi connectivity index (χ1n) is 9.05. The first-order valence-corrected chi connectivity index (χ1v) is 9.81. The Balaban J connectivity index is 1.55. The number of hydrogen-bond donors (Lipinski definition) is 1. The molecule has 0 saturated carbocycles. The van der Waals surface area contributed by atoms with Crippen LogP contribution in [0.4, 0.5) is 10.5 Å². The summed E-state index contributed by atoms with van der Waals surface area (Å²) in [6, 6.07) is 14.2. The van der Waals surface area contributed by atoms with Crippen LogP contribution in [0.3, 0.4) is 0 Å². The minimum Gasteiger partial charge on any atom is -0.337 e. The third-order valence-corrected chi connectivity index (χ3v) is 4.91. The third kappa shape index (κ3) is 5.75. The quantitative estimate of drug-likeness (QED) is 0.730. The number of urea groups is 1. The van der Waals surface area contributed by atoms with Crippen LogP contribution in [0.25, 0.3) is 6.08 Å². The molecule has 3 amide bonds. The number of halogens is 2. The summed E-state index contributed by atoms with van der Waals surface area (Å²) in [5.74, 6) is -0.0722. The molecule has 5 nitrogen and oxygen atoms in total. The van der Waals surface area contributed by atoms with Gasteiger partial charge >= 0.3 is 6.03 Å². The van der Waals surface area contributed by atoms with Crippen molar-refractivity contribution in [3.63, 3.8) is 0 Å². The summed E-state index contributed by atoms with van der Waals surface area (Å²) in [4.78, 5) is 28.5. The Morgan fingerprint density at radius 1 is 0.893 bits per heavy atom. The van der Waals surface area contributed by atoms with Gasteiger partial charge in [-0.1, -0.05) is 41.4 Å². The molecule has 146 valence electrons. The van der Waals surface area contributed by atoms with Crippen molar-refractivity contribution >= 4 is 46.9 Å². The Bertz CT molecular complexity index is 885. The maximum atomic E-state index is 12.5. The van der Waals surface area contributed by atoms with E-state index in [1.807, 2.05) is 12.1 Å². The molecule has 1 N–H and O–H groups in total. The van der Waals surface area contributed by atoms with Gasteiger partial charge in [0.15, 0.2) is 0 Å². The minimum atomic E-state index is -0.189. The Hall–Kier alpha value is -2.50. The third-order valence-electron chi connectivity index (χ3n) is 4.44. The molecule has 0 unspecified atom stereocenters. The van der Waals surface area contributed by atoms with Crippen LogP contribution in [-0.4, -0.2) is 47.9 Å². The number of nitrogens with one attached hydrogen (secondary N) is 1. The van der Waals surface area contributed by atoms with Crippen molar-refractivity contribution in [1.82, 2.24) is 9.80 Å². The molecule has 1 aliphatic heterocycles.